The molecule has 1 amide bonds. The predicted molar refractivity (Wildman–Crippen MR) is 96.8 cm³/mol. The molecular formula is C20H23NO4. The zero-order chi connectivity index (χ0) is 18.4. The predicted octanol–water partition coefficient (Wildman–Crippen LogP) is 3.28. The summed E-state index contributed by atoms with van der Waals surface area (Å²) in [6.45, 7) is 5.29. The molecule has 0 saturated carbocycles. The number of aryl methyl sites for hydroxylation is 2. The molecule has 5 heteroatoms. The van der Waals surface area contributed by atoms with E-state index in [2.05, 4.69) is 0 Å². The first-order chi connectivity index (χ1) is 11.9. The lowest BCUT2D eigenvalue weighted by Crippen LogP contribution is -2.38. The van der Waals surface area contributed by atoms with Gasteiger partial charge in [-0.05, 0) is 56.2 Å². The summed E-state index contributed by atoms with van der Waals surface area (Å²) < 4.78 is 10.6. The number of ether oxygens (including phenoxy) is 2. The Kier molecular flexibility index (Phi) is 6.17. The van der Waals surface area contributed by atoms with Crippen LogP contribution in [0.2, 0.25) is 0 Å². The maximum atomic E-state index is 12.3. The van der Waals surface area contributed by atoms with Crippen molar-refractivity contribution in [1.82, 2.24) is 0 Å². The Morgan fingerprint density at radius 2 is 1.72 bits per heavy atom. The molecule has 0 N–H and O–H groups in total. The Bertz CT molecular complexity index is 743. The average molecular weight is 341 g/mol. The Morgan fingerprint density at radius 3 is 2.36 bits per heavy atom. The smallest absolute Gasteiger partial charge is 0.344 e. The van der Waals surface area contributed by atoms with E-state index in [4.69, 9.17) is 9.47 Å². The number of rotatable bonds is 6. The first-order valence-electron chi connectivity index (χ1n) is 8.10. The van der Waals surface area contributed by atoms with E-state index in [-0.39, 0.29) is 12.5 Å². The molecule has 0 aromatic heterocycles. The maximum Gasteiger partial charge on any atom is 0.344 e. The van der Waals surface area contributed by atoms with Crippen LogP contribution in [0.3, 0.4) is 0 Å². The van der Waals surface area contributed by atoms with Gasteiger partial charge in [0.1, 0.15) is 5.75 Å². The third kappa shape index (κ3) is 5.08. The quantitative estimate of drug-likeness (QED) is 0.757. The van der Waals surface area contributed by atoms with Gasteiger partial charge in [0.2, 0.25) is 0 Å². The second-order valence-electron chi connectivity index (χ2n) is 5.90. The van der Waals surface area contributed by atoms with Crippen LogP contribution < -0.4 is 9.64 Å². The fraction of sp³-hybridized carbons (Fsp3) is 0.300. The number of hydrogen-bond acceptors (Lipinski definition) is 4. The highest BCUT2D eigenvalue weighted by molar-refractivity contribution is 5.96. The molecular weight excluding hydrogens is 318 g/mol. The van der Waals surface area contributed by atoms with Crippen LogP contribution in [0.25, 0.3) is 0 Å². The van der Waals surface area contributed by atoms with E-state index in [1.807, 2.05) is 56.3 Å². The number of esters is 1. The summed E-state index contributed by atoms with van der Waals surface area (Å²) in [5.74, 6) is -0.285. The molecule has 1 unspecified atom stereocenters. The minimum absolute atomic E-state index is 0.241. The first-order valence-corrected chi connectivity index (χ1v) is 8.10. The summed E-state index contributed by atoms with van der Waals surface area (Å²) in [5.41, 5.74) is 2.97. The van der Waals surface area contributed by atoms with Gasteiger partial charge in [0.05, 0.1) is 0 Å². The molecule has 5 nitrogen and oxygen atoms in total. The van der Waals surface area contributed by atoms with Crippen molar-refractivity contribution in [2.45, 2.75) is 26.9 Å². The van der Waals surface area contributed by atoms with Gasteiger partial charge in [0.15, 0.2) is 12.7 Å². The normalized spacial score (nSPS) is 11.5. The lowest BCUT2D eigenvalue weighted by atomic mass is 10.1. The van der Waals surface area contributed by atoms with Gasteiger partial charge < -0.3 is 14.4 Å². The van der Waals surface area contributed by atoms with Crippen molar-refractivity contribution in [3.8, 4) is 5.75 Å². The van der Waals surface area contributed by atoms with E-state index in [0.29, 0.717) is 5.75 Å². The molecule has 25 heavy (non-hydrogen) atoms. The van der Waals surface area contributed by atoms with Crippen molar-refractivity contribution >= 4 is 17.6 Å². The molecule has 0 bridgehead atoms. The zero-order valence-corrected chi connectivity index (χ0v) is 15.0. The van der Waals surface area contributed by atoms with E-state index in [9.17, 15) is 9.59 Å². The van der Waals surface area contributed by atoms with Crippen LogP contribution in [-0.4, -0.2) is 31.6 Å². The fourth-order valence-electron chi connectivity index (χ4n) is 2.28. The Balaban J connectivity index is 1.86. The van der Waals surface area contributed by atoms with E-state index in [1.54, 1.807) is 20.0 Å². The molecule has 0 fully saturated rings. The Hall–Kier alpha value is -2.82. The van der Waals surface area contributed by atoms with Crippen LogP contribution in [0.5, 0.6) is 5.75 Å². The number of carbonyl (C=O) groups excluding carboxylic acids is 2. The van der Waals surface area contributed by atoms with Crippen molar-refractivity contribution in [1.29, 1.82) is 0 Å². The van der Waals surface area contributed by atoms with Crippen LogP contribution in [0.4, 0.5) is 5.69 Å². The molecule has 0 aliphatic carbocycles. The summed E-state index contributed by atoms with van der Waals surface area (Å²) in [7, 11) is 1.65. The van der Waals surface area contributed by atoms with Crippen LogP contribution in [0, 0.1) is 13.8 Å². The summed E-state index contributed by atoms with van der Waals surface area (Å²) >= 11 is 0. The Labute approximate surface area is 148 Å². The third-order valence-corrected chi connectivity index (χ3v) is 3.97. The van der Waals surface area contributed by atoms with Gasteiger partial charge in [-0.15, -0.1) is 0 Å². The van der Waals surface area contributed by atoms with E-state index < -0.39 is 12.1 Å². The molecule has 132 valence electrons. The van der Waals surface area contributed by atoms with Gasteiger partial charge >= 0.3 is 5.97 Å². The van der Waals surface area contributed by atoms with Gasteiger partial charge in [-0.1, -0.05) is 24.3 Å². The largest absolute Gasteiger partial charge is 0.482 e. The minimum Gasteiger partial charge on any atom is -0.482 e. The van der Waals surface area contributed by atoms with Crippen molar-refractivity contribution in [3.05, 3.63) is 59.7 Å². The number of nitrogens with zero attached hydrogens (tertiary/aromatic N) is 1. The molecule has 0 heterocycles. The monoisotopic (exact) mass is 341 g/mol. The summed E-state index contributed by atoms with van der Waals surface area (Å²) in [4.78, 5) is 25.7. The van der Waals surface area contributed by atoms with Crippen molar-refractivity contribution < 1.29 is 19.1 Å². The molecule has 2 rings (SSSR count). The molecule has 0 radical (unpaired) electrons. The van der Waals surface area contributed by atoms with E-state index in [0.717, 1.165) is 16.8 Å². The first kappa shape index (κ1) is 18.5. The van der Waals surface area contributed by atoms with Crippen LogP contribution >= 0.6 is 0 Å². The fourth-order valence-corrected chi connectivity index (χ4v) is 2.28. The number of para-hydroxylation sites is 1. The van der Waals surface area contributed by atoms with Gasteiger partial charge in [-0.2, -0.15) is 0 Å². The van der Waals surface area contributed by atoms with Crippen molar-refractivity contribution in [3.63, 3.8) is 0 Å². The third-order valence-electron chi connectivity index (χ3n) is 3.97. The summed E-state index contributed by atoms with van der Waals surface area (Å²) in [6, 6.07) is 14.8. The lowest BCUT2D eigenvalue weighted by Gasteiger charge is -2.21. The van der Waals surface area contributed by atoms with E-state index in [1.165, 1.54) is 4.90 Å². The highest BCUT2D eigenvalue weighted by Gasteiger charge is 2.22. The van der Waals surface area contributed by atoms with Gasteiger partial charge in [-0.25, -0.2) is 4.79 Å². The molecule has 0 aliphatic heterocycles. The second kappa shape index (κ2) is 8.33. The summed E-state index contributed by atoms with van der Waals surface area (Å²) in [6.07, 6.45) is -0.888. The topological polar surface area (TPSA) is 55.8 Å². The van der Waals surface area contributed by atoms with Crippen LogP contribution in [0.15, 0.2) is 48.5 Å². The number of anilines is 1. The highest BCUT2D eigenvalue weighted by atomic mass is 16.6. The van der Waals surface area contributed by atoms with Crippen LogP contribution in [0.1, 0.15) is 18.1 Å². The van der Waals surface area contributed by atoms with Crippen LogP contribution in [-0.2, 0) is 14.3 Å². The van der Waals surface area contributed by atoms with Crippen molar-refractivity contribution in [2.24, 2.45) is 0 Å². The minimum atomic E-state index is -0.888. The zero-order valence-electron chi connectivity index (χ0n) is 15.0. The second-order valence-corrected chi connectivity index (χ2v) is 5.90. The molecule has 0 spiro atoms. The number of benzene rings is 2. The standard InChI is InChI=1S/C20H23NO4/c1-14-10-11-18(12-15(14)2)24-13-19(22)25-16(3)20(23)21(4)17-8-6-5-7-9-17/h5-12,16H,13H2,1-4H3. The average Bonchev–Trinajstić information content (AvgIpc) is 2.62. The number of hydrogen-bond donors (Lipinski definition) is 0. The molecule has 0 aliphatic rings. The number of amides is 1. The van der Waals surface area contributed by atoms with E-state index >= 15 is 0 Å². The Morgan fingerprint density at radius 1 is 1.04 bits per heavy atom. The SMILES string of the molecule is Cc1ccc(OCC(=O)OC(C)C(=O)N(C)c2ccccc2)cc1C. The van der Waals surface area contributed by atoms with Gasteiger partial charge in [-0.3, -0.25) is 4.79 Å². The molecule has 2 aromatic carbocycles. The summed E-state index contributed by atoms with van der Waals surface area (Å²) in [5, 5.41) is 0. The molecule has 1 atom stereocenters. The van der Waals surface area contributed by atoms with Gasteiger partial charge in [0, 0.05) is 12.7 Å². The molecule has 2 aromatic rings. The highest BCUT2D eigenvalue weighted by Crippen LogP contribution is 2.17. The maximum absolute atomic E-state index is 12.3. The lowest BCUT2D eigenvalue weighted by molar-refractivity contribution is -0.155. The van der Waals surface area contributed by atoms with Gasteiger partial charge in [0.25, 0.3) is 5.91 Å². The molecule has 0 saturated heterocycles. The number of carbonyl (C=O) groups is 2. The van der Waals surface area contributed by atoms with Crippen molar-refractivity contribution in [2.75, 3.05) is 18.6 Å². The number of likely N-dealkylation sites (N-methyl/N-ethyl adjacent to an activating group) is 1.